The van der Waals surface area contributed by atoms with Crippen molar-refractivity contribution in [3.8, 4) is 0 Å². The van der Waals surface area contributed by atoms with Crippen LogP contribution in [0.15, 0.2) is 22.7 Å². The smallest absolute Gasteiger partial charge is 0.437 e. The summed E-state index contributed by atoms with van der Waals surface area (Å²) in [6.07, 6.45) is 4.00. The largest absolute Gasteiger partial charge is 0.481 e. The lowest BCUT2D eigenvalue weighted by Crippen LogP contribution is -2.40. The van der Waals surface area contributed by atoms with E-state index in [-0.39, 0.29) is 23.5 Å². The molecule has 10 nitrogen and oxygen atoms in total. The summed E-state index contributed by atoms with van der Waals surface area (Å²) >= 11 is 0. The van der Waals surface area contributed by atoms with Gasteiger partial charge in [-0.1, -0.05) is 26.7 Å². The van der Waals surface area contributed by atoms with E-state index in [1.807, 2.05) is 13.8 Å². The molecular formula is C31H42F3N5O5. The van der Waals surface area contributed by atoms with Crippen LogP contribution >= 0.6 is 0 Å². The fourth-order valence-corrected chi connectivity index (χ4v) is 6.06. The summed E-state index contributed by atoms with van der Waals surface area (Å²) in [6, 6.07) is 3.06. The van der Waals surface area contributed by atoms with Crippen molar-refractivity contribution in [3.63, 3.8) is 0 Å². The molecule has 4 rings (SSSR count). The number of carboxylic acid groups (broad SMARTS) is 1. The van der Waals surface area contributed by atoms with E-state index in [4.69, 9.17) is 4.42 Å². The van der Waals surface area contributed by atoms with Crippen molar-refractivity contribution >= 4 is 29.5 Å². The number of alkyl halides is 3. The first kappa shape index (κ1) is 33.3. The van der Waals surface area contributed by atoms with Gasteiger partial charge in [-0.15, -0.1) is 0 Å². The van der Waals surface area contributed by atoms with E-state index in [1.165, 1.54) is 6.20 Å². The van der Waals surface area contributed by atoms with Gasteiger partial charge in [0.05, 0.1) is 23.7 Å². The van der Waals surface area contributed by atoms with Gasteiger partial charge in [0.1, 0.15) is 0 Å². The van der Waals surface area contributed by atoms with E-state index in [9.17, 15) is 32.7 Å². The fourth-order valence-electron chi connectivity index (χ4n) is 6.06. The van der Waals surface area contributed by atoms with Crippen LogP contribution in [0.4, 0.5) is 24.9 Å². The highest BCUT2D eigenvalue weighted by Crippen LogP contribution is 2.36. The number of hydrogen-bond acceptors (Lipinski definition) is 7. The third kappa shape index (κ3) is 8.50. The van der Waals surface area contributed by atoms with Crippen LogP contribution in [0.1, 0.15) is 93.6 Å². The summed E-state index contributed by atoms with van der Waals surface area (Å²) in [5.74, 6) is -3.71. The van der Waals surface area contributed by atoms with Crippen LogP contribution in [0.5, 0.6) is 0 Å². The number of rotatable bonds is 13. The molecule has 3 unspecified atom stereocenters. The van der Waals surface area contributed by atoms with Crippen molar-refractivity contribution in [2.45, 2.75) is 84.2 Å². The normalized spacial score (nSPS) is 20.5. The summed E-state index contributed by atoms with van der Waals surface area (Å²) in [5.41, 5.74) is -0.406. The number of nitrogens with one attached hydrogen (secondary N) is 1. The number of piperidine rings is 1. The highest BCUT2D eigenvalue weighted by atomic mass is 19.4. The maximum absolute atomic E-state index is 13.7. The van der Waals surface area contributed by atoms with E-state index in [2.05, 4.69) is 15.3 Å². The number of hydrogen-bond donors (Lipinski definition) is 2. The number of carbonyl (C=O) groups is 3. The molecule has 1 saturated carbocycles. The summed E-state index contributed by atoms with van der Waals surface area (Å²) in [4.78, 5) is 49.0. The van der Waals surface area contributed by atoms with Crippen molar-refractivity contribution < 1.29 is 37.1 Å². The minimum absolute atomic E-state index is 0.0698. The van der Waals surface area contributed by atoms with Gasteiger partial charge >= 0.3 is 12.1 Å². The van der Waals surface area contributed by atoms with Gasteiger partial charge < -0.3 is 24.6 Å². The summed E-state index contributed by atoms with van der Waals surface area (Å²) < 4.78 is 46.5. The minimum Gasteiger partial charge on any atom is -0.481 e. The lowest BCUT2D eigenvalue weighted by Gasteiger charge is -2.29. The highest BCUT2D eigenvalue weighted by molar-refractivity contribution is 6.03. The predicted molar refractivity (Wildman–Crippen MR) is 157 cm³/mol. The number of oxazole rings is 1. The Bertz CT molecular complexity index is 1280. The second-order valence-electron chi connectivity index (χ2n) is 12.0. The van der Waals surface area contributed by atoms with Crippen molar-refractivity contribution in [1.29, 1.82) is 0 Å². The number of aliphatic carboxylic acids is 1. The fraction of sp³-hybridized carbons (Fsp3) is 0.645. The molecule has 2 aromatic rings. The van der Waals surface area contributed by atoms with Crippen LogP contribution in [-0.2, 0) is 22.2 Å². The van der Waals surface area contributed by atoms with E-state index in [1.54, 1.807) is 21.9 Å². The van der Waals surface area contributed by atoms with Gasteiger partial charge in [-0.3, -0.25) is 19.4 Å². The zero-order valence-corrected chi connectivity index (χ0v) is 25.4. The molecule has 2 N–H and O–H groups in total. The van der Waals surface area contributed by atoms with Gasteiger partial charge in [-0.25, -0.2) is 0 Å². The van der Waals surface area contributed by atoms with E-state index in [0.717, 1.165) is 44.2 Å². The quantitative estimate of drug-likeness (QED) is 0.260. The van der Waals surface area contributed by atoms with Gasteiger partial charge in [-0.05, 0) is 69.4 Å². The topological polar surface area (TPSA) is 129 Å². The molecule has 2 aliphatic rings. The second-order valence-corrected chi connectivity index (χ2v) is 12.0. The predicted octanol–water partition coefficient (Wildman–Crippen LogP) is 6.03. The molecule has 1 aliphatic carbocycles. The first-order chi connectivity index (χ1) is 21.0. The molecule has 1 aliphatic heterocycles. The molecular weight excluding hydrogens is 579 g/mol. The maximum Gasteiger partial charge on any atom is 0.437 e. The first-order valence-electron chi connectivity index (χ1n) is 15.6. The average molecular weight is 622 g/mol. The maximum atomic E-state index is 13.7. The molecule has 3 heterocycles. The SMILES string of the molecule is CCCCN(CCCCc1ccc(NC(=O)c2oc(N3CCCC(C)C3)nc2C(F)(F)F)cn1)C(=O)C1CCCC1C(=O)O. The number of pyridine rings is 1. The third-order valence-electron chi connectivity index (χ3n) is 8.46. The molecule has 0 aromatic carbocycles. The van der Waals surface area contributed by atoms with Crippen LogP contribution in [0.25, 0.3) is 0 Å². The van der Waals surface area contributed by atoms with Crippen LogP contribution in [0.3, 0.4) is 0 Å². The van der Waals surface area contributed by atoms with Crippen LogP contribution in [0.2, 0.25) is 0 Å². The molecule has 3 atom stereocenters. The van der Waals surface area contributed by atoms with Crippen molar-refractivity contribution in [3.05, 3.63) is 35.5 Å². The Kier molecular flexibility index (Phi) is 11.3. The monoisotopic (exact) mass is 621 g/mol. The summed E-state index contributed by atoms with van der Waals surface area (Å²) in [5, 5.41) is 11.9. The van der Waals surface area contributed by atoms with Gasteiger partial charge in [0.25, 0.3) is 11.9 Å². The Morgan fingerprint density at radius 3 is 2.50 bits per heavy atom. The number of amides is 2. The second kappa shape index (κ2) is 14.9. The molecule has 44 heavy (non-hydrogen) atoms. The highest BCUT2D eigenvalue weighted by Gasteiger charge is 2.42. The Morgan fingerprint density at radius 2 is 1.84 bits per heavy atom. The van der Waals surface area contributed by atoms with Crippen molar-refractivity contribution in [2.24, 2.45) is 17.8 Å². The number of unbranched alkanes of at least 4 members (excludes halogenated alkanes) is 2. The standard InChI is InChI=1S/C31H42F3N5O5/c1-3-4-15-38(28(41)23-11-7-12-24(23)29(42)43)16-6-5-10-21-13-14-22(18-35-21)36-27(40)25-26(31(32,33)34)37-30(44-25)39-17-8-9-20(2)19-39/h13-14,18,20,23-24H,3-12,15-17,19H2,1-2H3,(H,36,40)(H,42,43). The number of nitrogens with zero attached hydrogens (tertiary/aromatic N) is 4. The zero-order chi connectivity index (χ0) is 31.9. The Labute approximate surface area is 255 Å². The Morgan fingerprint density at radius 1 is 1.09 bits per heavy atom. The third-order valence-corrected chi connectivity index (χ3v) is 8.46. The number of carboxylic acids is 1. The average Bonchev–Trinajstić information content (AvgIpc) is 3.66. The van der Waals surface area contributed by atoms with E-state index < -0.39 is 41.3 Å². The zero-order valence-electron chi connectivity index (χ0n) is 25.4. The molecule has 2 fully saturated rings. The van der Waals surface area contributed by atoms with Gasteiger partial charge in [0.15, 0.2) is 5.69 Å². The first-order valence-corrected chi connectivity index (χ1v) is 15.6. The van der Waals surface area contributed by atoms with Crippen molar-refractivity contribution in [1.82, 2.24) is 14.9 Å². The molecule has 13 heteroatoms. The number of halogens is 3. The summed E-state index contributed by atoms with van der Waals surface area (Å²) in [7, 11) is 0. The molecule has 242 valence electrons. The molecule has 0 bridgehead atoms. The summed E-state index contributed by atoms with van der Waals surface area (Å²) in [6.45, 7) is 6.19. The number of aryl methyl sites for hydroxylation is 1. The molecule has 1 saturated heterocycles. The number of aromatic nitrogens is 2. The van der Waals surface area contributed by atoms with E-state index >= 15 is 0 Å². The molecule has 2 aromatic heterocycles. The van der Waals surface area contributed by atoms with Crippen LogP contribution in [0, 0.1) is 17.8 Å². The lowest BCUT2D eigenvalue weighted by molar-refractivity contribution is -0.149. The molecule has 0 radical (unpaired) electrons. The Hall–Kier alpha value is -3.64. The van der Waals surface area contributed by atoms with Crippen LogP contribution < -0.4 is 10.2 Å². The van der Waals surface area contributed by atoms with Crippen molar-refractivity contribution in [2.75, 3.05) is 36.4 Å². The van der Waals surface area contributed by atoms with Gasteiger partial charge in [0.2, 0.25) is 11.7 Å². The lowest BCUT2D eigenvalue weighted by atomic mass is 9.94. The van der Waals surface area contributed by atoms with Gasteiger partial charge in [-0.2, -0.15) is 18.2 Å². The number of anilines is 2. The van der Waals surface area contributed by atoms with Crippen LogP contribution in [-0.4, -0.2) is 63.9 Å². The van der Waals surface area contributed by atoms with Gasteiger partial charge in [0, 0.05) is 31.9 Å². The Balaban J connectivity index is 1.31. The minimum atomic E-state index is -4.86. The number of carbonyl (C=O) groups excluding carboxylic acids is 2. The van der Waals surface area contributed by atoms with E-state index in [0.29, 0.717) is 51.9 Å². The molecule has 0 spiro atoms. The molecule has 2 amide bonds.